The summed E-state index contributed by atoms with van der Waals surface area (Å²) < 4.78 is 33.1. The quantitative estimate of drug-likeness (QED) is 0.297. The number of benzene rings is 1. The lowest BCUT2D eigenvalue weighted by Crippen LogP contribution is -2.34. The number of nitrogens with one attached hydrogen (secondary N) is 1. The number of methoxy groups -OCH3 is 1. The van der Waals surface area contributed by atoms with E-state index in [-0.39, 0.29) is 56.7 Å². The lowest BCUT2D eigenvalue weighted by molar-refractivity contribution is -0.125. The van der Waals surface area contributed by atoms with Gasteiger partial charge in [-0.1, -0.05) is 6.92 Å². The Morgan fingerprint density at radius 2 is 2.17 bits per heavy atom. The molecular weight excluding hydrogens is 472 g/mol. The van der Waals surface area contributed by atoms with Crippen molar-refractivity contribution in [3.8, 4) is 11.4 Å². The average molecular weight is 497 g/mol. The predicted octanol–water partition coefficient (Wildman–Crippen LogP) is 3.60. The second-order valence-electron chi connectivity index (χ2n) is 9.16. The van der Waals surface area contributed by atoms with Gasteiger partial charge in [-0.25, -0.2) is 14.5 Å². The van der Waals surface area contributed by atoms with Crippen LogP contribution in [0.2, 0.25) is 0 Å². The lowest BCUT2D eigenvalue weighted by Gasteiger charge is -2.28. The van der Waals surface area contributed by atoms with Crippen LogP contribution in [-0.4, -0.2) is 28.1 Å². The van der Waals surface area contributed by atoms with E-state index in [1.807, 2.05) is 0 Å². The Kier molecular flexibility index (Phi) is 5.92. The van der Waals surface area contributed by atoms with E-state index in [0.717, 1.165) is 22.1 Å². The topological polar surface area (TPSA) is 111 Å². The van der Waals surface area contributed by atoms with Crippen molar-refractivity contribution < 1.29 is 23.6 Å². The first kappa shape index (κ1) is 23.9. The van der Waals surface area contributed by atoms with Crippen molar-refractivity contribution in [2.45, 2.75) is 57.9 Å². The van der Waals surface area contributed by atoms with Crippen LogP contribution in [0.15, 0.2) is 16.9 Å². The number of fused-ring (bicyclic) bond motifs is 4. The lowest BCUT2D eigenvalue weighted by atomic mass is 9.82. The molecule has 0 saturated heterocycles. The van der Waals surface area contributed by atoms with Gasteiger partial charge < -0.3 is 14.4 Å². The van der Waals surface area contributed by atoms with Gasteiger partial charge >= 0.3 is 0 Å². The number of halogens is 1. The third kappa shape index (κ3) is 3.41. The standard InChI is InChI=1S/C25H25FN3O5P/c1-4-25(32,11-30)16-7-20-23-14(9-29(20)24(31)15(16)10-34-3)22-18(28-35-33)6-5-13-12(2)17(26)8-19(27-23)21(13)22/h7-8,11,18,32H,4-6,9-10H2,1-3H3,(H,28,33). The van der Waals surface area contributed by atoms with Gasteiger partial charge in [0.1, 0.15) is 11.4 Å². The van der Waals surface area contributed by atoms with Crippen LogP contribution < -0.4 is 10.6 Å². The maximum atomic E-state index is 14.8. The number of ether oxygens (including phenoxy) is 1. The zero-order chi connectivity index (χ0) is 25.1. The van der Waals surface area contributed by atoms with Gasteiger partial charge in [0, 0.05) is 41.3 Å². The molecule has 8 nitrogen and oxygen atoms in total. The second kappa shape index (κ2) is 8.68. The molecule has 2 atom stereocenters. The molecular formula is C25H25FN3O5P. The summed E-state index contributed by atoms with van der Waals surface area (Å²) in [5.74, 6) is -0.355. The number of aryl methyl sites for hydroxylation is 1. The van der Waals surface area contributed by atoms with Crippen LogP contribution in [-0.2, 0) is 39.3 Å². The van der Waals surface area contributed by atoms with Crippen molar-refractivity contribution in [3.05, 3.63) is 61.7 Å². The summed E-state index contributed by atoms with van der Waals surface area (Å²) >= 11 is 0. The summed E-state index contributed by atoms with van der Waals surface area (Å²) in [5.41, 5.74) is 2.61. The van der Waals surface area contributed by atoms with Crippen LogP contribution in [0.4, 0.5) is 4.39 Å². The fourth-order valence-electron chi connectivity index (χ4n) is 5.54. The third-order valence-electron chi connectivity index (χ3n) is 7.43. The molecule has 3 aromatic rings. The van der Waals surface area contributed by atoms with Crippen molar-refractivity contribution >= 4 is 25.8 Å². The first-order chi connectivity index (χ1) is 16.8. The highest BCUT2D eigenvalue weighted by Gasteiger charge is 2.37. The van der Waals surface area contributed by atoms with Crippen LogP contribution in [0.5, 0.6) is 0 Å². The number of pyridine rings is 2. The second-order valence-corrected chi connectivity index (χ2v) is 9.60. The third-order valence-corrected chi connectivity index (χ3v) is 7.85. The Morgan fingerprint density at radius 1 is 1.40 bits per heavy atom. The molecule has 0 radical (unpaired) electrons. The molecule has 0 saturated carbocycles. The zero-order valence-corrected chi connectivity index (χ0v) is 20.5. The highest BCUT2D eigenvalue weighted by molar-refractivity contribution is 7.21. The largest absolute Gasteiger partial charge is 0.380 e. The summed E-state index contributed by atoms with van der Waals surface area (Å²) in [5, 5.41) is 14.8. The van der Waals surface area contributed by atoms with Crippen molar-refractivity contribution in [2.75, 3.05) is 7.11 Å². The normalized spacial score (nSPS) is 17.9. The van der Waals surface area contributed by atoms with Crippen molar-refractivity contribution in [1.29, 1.82) is 0 Å². The number of rotatable bonds is 7. The molecule has 2 aliphatic rings. The molecule has 1 aliphatic carbocycles. The van der Waals surface area contributed by atoms with Crippen LogP contribution in [0.1, 0.15) is 59.2 Å². The van der Waals surface area contributed by atoms with Gasteiger partial charge in [0.25, 0.3) is 5.56 Å². The van der Waals surface area contributed by atoms with Gasteiger partial charge in [0.05, 0.1) is 30.1 Å². The molecule has 0 spiro atoms. The van der Waals surface area contributed by atoms with Gasteiger partial charge in [-0.15, -0.1) is 0 Å². The maximum absolute atomic E-state index is 14.8. The van der Waals surface area contributed by atoms with Crippen molar-refractivity contribution in [2.24, 2.45) is 0 Å². The van der Waals surface area contributed by atoms with Gasteiger partial charge in [-0.2, -0.15) is 0 Å². The number of aromatic nitrogens is 2. The van der Waals surface area contributed by atoms with Crippen molar-refractivity contribution in [3.63, 3.8) is 0 Å². The average Bonchev–Trinajstić information content (AvgIpc) is 3.23. The van der Waals surface area contributed by atoms with E-state index >= 15 is 0 Å². The number of carbonyl (C=O) groups excluding carboxylic acids is 1. The minimum Gasteiger partial charge on any atom is -0.380 e. The van der Waals surface area contributed by atoms with Gasteiger partial charge in [0.15, 0.2) is 6.29 Å². The monoisotopic (exact) mass is 497 g/mol. The van der Waals surface area contributed by atoms with E-state index < -0.39 is 5.60 Å². The number of aldehydes is 1. The van der Waals surface area contributed by atoms with Crippen LogP contribution >= 0.6 is 8.61 Å². The fraction of sp³-hybridized carbons (Fsp3) is 0.400. The van der Waals surface area contributed by atoms with Gasteiger partial charge in [-0.05, 0) is 48.9 Å². The summed E-state index contributed by atoms with van der Waals surface area (Å²) in [6.07, 6.45) is 1.73. The number of hydrogen-bond donors (Lipinski definition) is 2. The molecule has 1 aromatic carbocycles. The highest BCUT2D eigenvalue weighted by atomic mass is 31.1. The molecule has 35 heavy (non-hydrogen) atoms. The Labute approximate surface area is 202 Å². The zero-order valence-electron chi connectivity index (χ0n) is 19.6. The number of carbonyl (C=O) groups is 1. The van der Waals surface area contributed by atoms with Crippen LogP contribution in [0.25, 0.3) is 22.3 Å². The van der Waals surface area contributed by atoms with E-state index in [1.54, 1.807) is 24.5 Å². The van der Waals surface area contributed by atoms with E-state index in [4.69, 9.17) is 9.72 Å². The molecule has 1 aliphatic heterocycles. The molecule has 2 N–H and O–H groups in total. The minimum atomic E-state index is -1.86. The summed E-state index contributed by atoms with van der Waals surface area (Å²) in [7, 11) is 1.22. The Morgan fingerprint density at radius 3 is 2.83 bits per heavy atom. The Hall–Kier alpha value is -2.84. The summed E-state index contributed by atoms with van der Waals surface area (Å²) in [6.45, 7) is 3.55. The van der Waals surface area contributed by atoms with E-state index in [9.17, 15) is 23.7 Å². The highest BCUT2D eigenvalue weighted by Crippen LogP contribution is 2.45. The number of hydrogen-bond acceptors (Lipinski definition) is 6. The Bertz CT molecular complexity index is 1470. The first-order valence-electron chi connectivity index (χ1n) is 11.5. The molecule has 0 amide bonds. The number of aliphatic hydroxyl groups is 1. The van der Waals surface area contributed by atoms with Crippen LogP contribution in [0, 0.1) is 12.7 Å². The van der Waals surface area contributed by atoms with Crippen molar-refractivity contribution in [1.82, 2.24) is 14.6 Å². The van der Waals surface area contributed by atoms with E-state index in [0.29, 0.717) is 41.6 Å². The summed E-state index contributed by atoms with van der Waals surface area (Å²) in [6, 6.07) is 2.74. The Balaban J connectivity index is 1.87. The fourth-order valence-corrected chi connectivity index (χ4v) is 5.93. The van der Waals surface area contributed by atoms with Crippen LogP contribution in [0.3, 0.4) is 0 Å². The molecule has 0 bridgehead atoms. The van der Waals surface area contributed by atoms with E-state index in [2.05, 4.69) is 5.09 Å². The van der Waals surface area contributed by atoms with Gasteiger partial charge in [-0.3, -0.25) is 14.2 Å². The molecule has 182 valence electrons. The molecule has 2 aromatic heterocycles. The molecule has 2 unspecified atom stereocenters. The predicted molar refractivity (Wildman–Crippen MR) is 128 cm³/mol. The SMILES string of the molecule is CCC(O)(C=O)c1cc2n(c(=O)c1COC)Cc1c-2nc2cc(F)c(C)c3c2c1C(NP=O)CC3. The smallest absolute Gasteiger partial charge is 0.257 e. The minimum absolute atomic E-state index is 0.0712. The first-order valence-corrected chi connectivity index (χ1v) is 12.3. The molecule has 0 fully saturated rings. The maximum Gasteiger partial charge on any atom is 0.257 e. The summed E-state index contributed by atoms with van der Waals surface area (Å²) in [4.78, 5) is 30.3. The van der Waals surface area contributed by atoms with E-state index in [1.165, 1.54) is 13.2 Å². The van der Waals surface area contributed by atoms with Gasteiger partial charge in [0.2, 0.25) is 8.61 Å². The molecule has 10 heteroatoms. The molecule has 5 rings (SSSR count). The number of nitrogens with zero attached hydrogens (tertiary/aromatic N) is 2. The molecule has 3 heterocycles.